The standard InChI is InChI=1S/C15H29N5/c1-3-4-5-6-7-8-9-14-17-15(19-18-14)20-11-10-16-13(2)12-20/h13,16H,3-12H2,1-2H3,(H,17,18,19)/t13-/m1/s1. The van der Waals surface area contributed by atoms with Crippen LogP contribution in [0.25, 0.3) is 0 Å². The largest absolute Gasteiger partial charge is 0.337 e. The Labute approximate surface area is 122 Å². The summed E-state index contributed by atoms with van der Waals surface area (Å²) in [6.45, 7) is 7.47. The molecule has 0 saturated carbocycles. The molecule has 2 rings (SSSR count). The van der Waals surface area contributed by atoms with Crippen LogP contribution in [0.15, 0.2) is 0 Å². The topological polar surface area (TPSA) is 56.8 Å². The summed E-state index contributed by atoms with van der Waals surface area (Å²) in [5.41, 5.74) is 0. The predicted octanol–water partition coefficient (Wildman–Crippen LogP) is 2.51. The van der Waals surface area contributed by atoms with Gasteiger partial charge in [0.1, 0.15) is 5.82 Å². The van der Waals surface area contributed by atoms with Crippen molar-refractivity contribution >= 4 is 5.95 Å². The Bertz CT molecular complexity index is 376. The van der Waals surface area contributed by atoms with Gasteiger partial charge in [0, 0.05) is 32.1 Å². The number of aromatic amines is 1. The van der Waals surface area contributed by atoms with Crippen molar-refractivity contribution in [3.63, 3.8) is 0 Å². The van der Waals surface area contributed by atoms with Gasteiger partial charge in [0.05, 0.1) is 0 Å². The van der Waals surface area contributed by atoms with Crippen molar-refractivity contribution in [2.24, 2.45) is 0 Å². The zero-order chi connectivity index (χ0) is 14.2. The summed E-state index contributed by atoms with van der Waals surface area (Å²) in [6.07, 6.45) is 8.96. The molecule has 0 aliphatic carbocycles. The predicted molar refractivity (Wildman–Crippen MR) is 83.1 cm³/mol. The van der Waals surface area contributed by atoms with Gasteiger partial charge in [-0.25, -0.2) is 0 Å². The molecule has 2 heterocycles. The van der Waals surface area contributed by atoms with Crippen LogP contribution in [0, 0.1) is 0 Å². The van der Waals surface area contributed by atoms with Crippen LogP contribution in [0.4, 0.5) is 5.95 Å². The molecular formula is C15H29N5. The van der Waals surface area contributed by atoms with Crippen LogP contribution in [0.3, 0.4) is 0 Å². The van der Waals surface area contributed by atoms with E-state index < -0.39 is 0 Å². The molecule has 0 amide bonds. The Balaban J connectivity index is 1.69. The summed E-state index contributed by atoms with van der Waals surface area (Å²) in [4.78, 5) is 6.90. The van der Waals surface area contributed by atoms with E-state index in [1.807, 2.05) is 0 Å². The molecule has 0 spiro atoms. The van der Waals surface area contributed by atoms with E-state index in [9.17, 15) is 0 Å². The number of unbranched alkanes of at least 4 members (excludes halogenated alkanes) is 5. The molecule has 0 radical (unpaired) electrons. The molecule has 0 unspecified atom stereocenters. The number of nitrogens with one attached hydrogen (secondary N) is 2. The van der Waals surface area contributed by atoms with Gasteiger partial charge in [0.2, 0.25) is 5.95 Å². The smallest absolute Gasteiger partial charge is 0.244 e. The maximum absolute atomic E-state index is 4.63. The summed E-state index contributed by atoms with van der Waals surface area (Å²) < 4.78 is 0. The maximum atomic E-state index is 4.63. The van der Waals surface area contributed by atoms with E-state index in [-0.39, 0.29) is 0 Å². The number of hydrogen-bond donors (Lipinski definition) is 2. The van der Waals surface area contributed by atoms with Gasteiger partial charge in [0.25, 0.3) is 0 Å². The first-order chi connectivity index (χ1) is 9.79. The number of H-pyrrole nitrogens is 1. The Kier molecular flexibility index (Phi) is 6.30. The molecule has 5 nitrogen and oxygen atoms in total. The van der Waals surface area contributed by atoms with Gasteiger partial charge < -0.3 is 10.2 Å². The van der Waals surface area contributed by atoms with E-state index in [0.29, 0.717) is 6.04 Å². The highest BCUT2D eigenvalue weighted by Crippen LogP contribution is 2.12. The molecule has 1 atom stereocenters. The maximum Gasteiger partial charge on any atom is 0.244 e. The van der Waals surface area contributed by atoms with Crippen molar-refractivity contribution in [2.45, 2.75) is 64.8 Å². The van der Waals surface area contributed by atoms with Gasteiger partial charge in [-0.2, -0.15) is 4.98 Å². The molecule has 0 aromatic carbocycles. The molecule has 1 fully saturated rings. The third kappa shape index (κ3) is 4.78. The van der Waals surface area contributed by atoms with Crippen molar-refractivity contribution in [2.75, 3.05) is 24.5 Å². The lowest BCUT2D eigenvalue weighted by molar-refractivity contribution is 0.479. The number of aryl methyl sites for hydroxylation is 1. The normalized spacial score (nSPS) is 19.5. The van der Waals surface area contributed by atoms with E-state index in [0.717, 1.165) is 37.8 Å². The fourth-order valence-corrected chi connectivity index (χ4v) is 2.73. The van der Waals surface area contributed by atoms with Gasteiger partial charge in [-0.3, -0.25) is 5.10 Å². The van der Waals surface area contributed by atoms with Crippen LogP contribution in [0.1, 0.15) is 58.2 Å². The lowest BCUT2D eigenvalue weighted by Gasteiger charge is -2.30. The summed E-state index contributed by atoms with van der Waals surface area (Å²) in [7, 11) is 0. The zero-order valence-electron chi connectivity index (χ0n) is 13.0. The lowest BCUT2D eigenvalue weighted by atomic mass is 10.1. The van der Waals surface area contributed by atoms with Crippen LogP contribution in [0.5, 0.6) is 0 Å². The number of piperazine rings is 1. The SMILES string of the molecule is CCCCCCCCc1nc(N2CCN[C@H](C)C2)n[nH]1. The molecular weight excluding hydrogens is 250 g/mol. The molecule has 0 bridgehead atoms. The molecule has 2 N–H and O–H groups in total. The molecule has 1 aliphatic rings. The van der Waals surface area contributed by atoms with Gasteiger partial charge in [-0.15, -0.1) is 5.10 Å². The minimum absolute atomic E-state index is 0.518. The third-order valence-corrected chi connectivity index (χ3v) is 3.94. The summed E-state index contributed by atoms with van der Waals surface area (Å²) in [5.74, 6) is 1.92. The van der Waals surface area contributed by atoms with Crippen molar-refractivity contribution in [1.82, 2.24) is 20.5 Å². The molecule has 1 aromatic heterocycles. The third-order valence-electron chi connectivity index (χ3n) is 3.94. The van der Waals surface area contributed by atoms with Crippen LogP contribution >= 0.6 is 0 Å². The average Bonchev–Trinajstić information content (AvgIpc) is 2.91. The van der Waals surface area contributed by atoms with Gasteiger partial charge in [0.15, 0.2) is 0 Å². The van der Waals surface area contributed by atoms with Crippen molar-refractivity contribution in [1.29, 1.82) is 0 Å². The molecule has 1 saturated heterocycles. The first-order valence-corrected chi connectivity index (χ1v) is 8.19. The van der Waals surface area contributed by atoms with Crippen LogP contribution < -0.4 is 10.2 Å². The Hall–Kier alpha value is -1.10. The Morgan fingerprint density at radius 1 is 1.20 bits per heavy atom. The Morgan fingerprint density at radius 3 is 2.80 bits per heavy atom. The number of anilines is 1. The summed E-state index contributed by atoms with van der Waals surface area (Å²) in [6, 6.07) is 0.518. The number of nitrogens with zero attached hydrogens (tertiary/aromatic N) is 3. The Morgan fingerprint density at radius 2 is 2.00 bits per heavy atom. The second kappa shape index (κ2) is 8.25. The number of rotatable bonds is 8. The van der Waals surface area contributed by atoms with E-state index in [1.165, 1.54) is 38.5 Å². The van der Waals surface area contributed by atoms with Crippen molar-refractivity contribution in [3.05, 3.63) is 5.82 Å². The lowest BCUT2D eigenvalue weighted by Crippen LogP contribution is -2.49. The number of hydrogen-bond acceptors (Lipinski definition) is 4. The van der Waals surface area contributed by atoms with E-state index in [4.69, 9.17) is 0 Å². The fraction of sp³-hybridized carbons (Fsp3) is 0.867. The minimum atomic E-state index is 0.518. The zero-order valence-corrected chi connectivity index (χ0v) is 13.0. The highest BCUT2D eigenvalue weighted by atomic mass is 15.4. The monoisotopic (exact) mass is 279 g/mol. The van der Waals surface area contributed by atoms with Crippen LogP contribution in [-0.2, 0) is 6.42 Å². The van der Waals surface area contributed by atoms with Crippen molar-refractivity contribution in [3.8, 4) is 0 Å². The highest BCUT2D eigenvalue weighted by Gasteiger charge is 2.18. The van der Waals surface area contributed by atoms with E-state index >= 15 is 0 Å². The van der Waals surface area contributed by atoms with Gasteiger partial charge in [-0.05, 0) is 13.3 Å². The number of aromatic nitrogens is 3. The summed E-state index contributed by atoms with van der Waals surface area (Å²) >= 11 is 0. The van der Waals surface area contributed by atoms with E-state index in [1.54, 1.807) is 0 Å². The quantitative estimate of drug-likeness (QED) is 0.718. The molecule has 5 heteroatoms. The second-order valence-corrected chi connectivity index (χ2v) is 5.90. The van der Waals surface area contributed by atoms with E-state index in [2.05, 4.69) is 39.2 Å². The van der Waals surface area contributed by atoms with Crippen LogP contribution in [-0.4, -0.2) is 40.9 Å². The minimum Gasteiger partial charge on any atom is -0.337 e. The first-order valence-electron chi connectivity index (χ1n) is 8.19. The van der Waals surface area contributed by atoms with Crippen molar-refractivity contribution < 1.29 is 0 Å². The molecule has 114 valence electrons. The molecule has 20 heavy (non-hydrogen) atoms. The van der Waals surface area contributed by atoms with Gasteiger partial charge >= 0.3 is 0 Å². The molecule has 1 aliphatic heterocycles. The van der Waals surface area contributed by atoms with Crippen LogP contribution in [0.2, 0.25) is 0 Å². The summed E-state index contributed by atoms with van der Waals surface area (Å²) in [5, 5.41) is 10.9. The fourth-order valence-electron chi connectivity index (χ4n) is 2.73. The average molecular weight is 279 g/mol. The first kappa shape index (κ1) is 15.3. The molecule has 1 aromatic rings. The van der Waals surface area contributed by atoms with Gasteiger partial charge in [-0.1, -0.05) is 39.0 Å². The highest BCUT2D eigenvalue weighted by molar-refractivity contribution is 5.30. The second-order valence-electron chi connectivity index (χ2n) is 5.90.